The zero-order valence-electron chi connectivity index (χ0n) is 22.1. The van der Waals surface area contributed by atoms with Gasteiger partial charge in [0, 0.05) is 33.6 Å². The van der Waals surface area contributed by atoms with Crippen LogP contribution in [0.5, 0.6) is 0 Å². The molecule has 0 aliphatic rings. The Morgan fingerprint density at radius 3 is 2.08 bits per heavy atom. The molecule has 3 rings (SSSR count). The van der Waals surface area contributed by atoms with Gasteiger partial charge in [0.15, 0.2) is 0 Å². The fourth-order valence-electron chi connectivity index (χ4n) is 3.99. The smallest absolute Gasteiger partial charge is 0.304 e. The molecule has 11 heteroatoms. The minimum absolute atomic E-state index is 0.110. The van der Waals surface area contributed by atoms with E-state index < -0.39 is 46.2 Å². The van der Waals surface area contributed by atoms with Gasteiger partial charge in [-0.25, -0.2) is 13.1 Å². The van der Waals surface area contributed by atoms with Crippen LogP contribution >= 0.6 is 0 Å². The highest BCUT2D eigenvalue weighted by molar-refractivity contribution is 7.90. The lowest BCUT2D eigenvalue weighted by atomic mass is 10.0. The van der Waals surface area contributed by atoms with Crippen molar-refractivity contribution in [2.75, 3.05) is 31.5 Å². The predicted octanol–water partition coefficient (Wildman–Crippen LogP) is 3.35. The summed E-state index contributed by atoms with van der Waals surface area (Å²) >= 11 is 0. The number of hydrogen-bond donors (Lipinski definition) is 1. The summed E-state index contributed by atoms with van der Waals surface area (Å²) in [5.74, 6) is -2.47. The molecule has 0 aromatic heterocycles. The summed E-state index contributed by atoms with van der Waals surface area (Å²) in [6.45, 7) is 1.17. The van der Waals surface area contributed by atoms with Crippen LogP contribution in [0, 0.1) is 11.6 Å². The first-order valence-electron chi connectivity index (χ1n) is 12.3. The Bertz CT molecular complexity index is 1370. The van der Waals surface area contributed by atoms with Crippen molar-refractivity contribution in [1.29, 1.82) is 0 Å². The molecule has 0 fully saturated rings. The summed E-state index contributed by atoms with van der Waals surface area (Å²) in [4.78, 5) is 28.5. The Kier molecular flexibility index (Phi) is 10.1. The monoisotopic (exact) mass is 558 g/mol. The number of hydrogen-bond acceptors (Lipinski definition) is 4. The minimum Gasteiger partial charge on any atom is -0.355 e. The Balaban J connectivity index is 2.08. The van der Waals surface area contributed by atoms with Crippen molar-refractivity contribution in [2.45, 2.75) is 25.9 Å². The molecule has 2 amide bonds. The highest BCUT2D eigenvalue weighted by Gasteiger charge is 2.35. The molecular formula is C28H32F2N4O4S. The van der Waals surface area contributed by atoms with E-state index >= 15 is 0 Å². The van der Waals surface area contributed by atoms with Gasteiger partial charge in [-0.15, -0.1) is 0 Å². The van der Waals surface area contributed by atoms with Crippen LogP contribution in [-0.2, 0) is 32.8 Å². The number of amides is 2. The van der Waals surface area contributed by atoms with Crippen molar-refractivity contribution in [3.8, 4) is 0 Å². The Morgan fingerprint density at radius 1 is 0.872 bits per heavy atom. The SMILES string of the molecule is CCNC(=O)[C@H](Cc1ccccc1)N(Cc1ccc(F)cc1)C(=O)CN(c1ccccc1F)S(=O)(=O)N(C)C. The number of carbonyl (C=O) groups excluding carboxylic acids is 2. The molecule has 0 saturated carbocycles. The van der Waals surface area contributed by atoms with Crippen molar-refractivity contribution in [3.05, 3.63) is 102 Å². The third kappa shape index (κ3) is 7.61. The van der Waals surface area contributed by atoms with E-state index in [2.05, 4.69) is 5.32 Å². The van der Waals surface area contributed by atoms with Crippen LogP contribution < -0.4 is 9.62 Å². The molecule has 0 aliphatic carbocycles. The maximum absolute atomic E-state index is 14.8. The Hall–Kier alpha value is -3.83. The van der Waals surface area contributed by atoms with Crippen LogP contribution in [0.1, 0.15) is 18.1 Å². The summed E-state index contributed by atoms with van der Waals surface area (Å²) in [7, 11) is -1.76. The number of anilines is 1. The number of halogens is 2. The van der Waals surface area contributed by atoms with Crippen molar-refractivity contribution in [1.82, 2.24) is 14.5 Å². The number of nitrogens with one attached hydrogen (secondary N) is 1. The van der Waals surface area contributed by atoms with Gasteiger partial charge >= 0.3 is 10.2 Å². The summed E-state index contributed by atoms with van der Waals surface area (Å²) in [5.41, 5.74) is 0.997. The molecule has 208 valence electrons. The Labute approximate surface area is 228 Å². The van der Waals surface area contributed by atoms with Gasteiger partial charge in [0.1, 0.15) is 24.2 Å². The van der Waals surface area contributed by atoms with Crippen LogP contribution in [0.3, 0.4) is 0 Å². The van der Waals surface area contributed by atoms with Gasteiger partial charge < -0.3 is 10.2 Å². The molecule has 0 unspecified atom stereocenters. The van der Waals surface area contributed by atoms with E-state index in [-0.39, 0.29) is 18.7 Å². The fraction of sp³-hybridized carbons (Fsp3) is 0.286. The van der Waals surface area contributed by atoms with Crippen LogP contribution in [0.4, 0.5) is 14.5 Å². The van der Waals surface area contributed by atoms with Gasteiger partial charge in [0.05, 0.1) is 5.69 Å². The van der Waals surface area contributed by atoms with E-state index in [1.807, 2.05) is 18.2 Å². The van der Waals surface area contributed by atoms with Crippen LogP contribution in [0.15, 0.2) is 78.9 Å². The normalized spacial score (nSPS) is 12.2. The standard InChI is InChI=1S/C28H32F2N4O4S/c1-4-31-28(36)26(18-21-10-6-5-7-11-21)33(19-22-14-16-23(29)17-15-22)27(35)20-34(39(37,38)32(2)3)25-13-9-8-12-24(25)30/h5-17,26H,4,18-20H2,1-3H3,(H,31,36)/t26-/m0/s1. The van der Waals surface area contributed by atoms with Gasteiger partial charge in [-0.05, 0) is 42.3 Å². The molecule has 39 heavy (non-hydrogen) atoms. The molecule has 0 heterocycles. The van der Waals surface area contributed by atoms with E-state index in [1.54, 1.807) is 19.1 Å². The summed E-state index contributed by atoms with van der Waals surface area (Å²) < 4.78 is 56.4. The average molecular weight is 559 g/mol. The van der Waals surface area contributed by atoms with E-state index in [0.717, 1.165) is 15.9 Å². The second kappa shape index (κ2) is 13.3. The molecule has 3 aromatic rings. The summed E-state index contributed by atoms with van der Waals surface area (Å²) in [6, 6.07) is 18.7. The maximum Gasteiger partial charge on any atom is 0.304 e. The highest BCUT2D eigenvalue weighted by atomic mass is 32.2. The first kappa shape index (κ1) is 29.7. The number of benzene rings is 3. The second-order valence-corrected chi connectivity index (χ2v) is 11.1. The maximum atomic E-state index is 14.8. The third-order valence-corrected chi connectivity index (χ3v) is 7.83. The molecule has 3 aromatic carbocycles. The molecule has 1 N–H and O–H groups in total. The largest absolute Gasteiger partial charge is 0.355 e. The molecule has 0 saturated heterocycles. The van der Waals surface area contributed by atoms with E-state index in [4.69, 9.17) is 0 Å². The van der Waals surface area contributed by atoms with Gasteiger partial charge in [-0.1, -0.05) is 54.6 Å². The zero-order valence-corrected chi connectivity index (χ0v) is 22.9. The lowest BCUT2D eigenvalue weighted by Crippen LogP contribution is -2.54. The van der Waals surface area contributed by atoms with Gasteiger partial charge in [-0.3, -0.25) is 9.59 Å². The molecule has 0 radical (unpaired) electrons. The summed E-state index contributed by atoms with van der Waals surface area (Å²) in [5, 5.41) is 2.75. The van der Waals surface area contributed by atoms with Crippen LogP contribution in [-0.4, -0.2) is 62.7 Å². The lowest BCUT2D eigenvalue weighted by molar-refractivity contribution is -0.140. The van der Waals surface area contributed by atoms with E-state index in [1.165, 1.54) is 61.5 Å². The van der Waals surface area contributed by atoms with Gasteiger partial charge in [0.25, 0.3) is 0 Å². The number of nitrogens with zero attached hydrogens (tertiary/aromatic N) is 3. The first-order valence-corrected chi connectivity index (χ1v) is 13.7. The van der Waals surface area contributed by atoms with Gasteiger partial charge in [0.2, 0.25) is 11.8 Å². The topological polar surface area (TPSA) is 90.0 Å². The average Bonchev–Trinajstić information content (AvgIpc) is 2.91. The zero-order chi connectivity index (χ0) is 28.6. The first-order chi connectivity index (χ1) is 18.5. The van der Waals surface area contributed by atoms with Crippen molar-refractivity contribution >= 4 is 27.7 Å². The van der Waals surface area contributed by atoms with Crippen molar-refractivity contribution in [2.24, 2.45) is 0 Å². The molecule has 8 nitrogen and oxygen atoms in total. The number of carbonyl (C=O) groups is 2. The molecule has 0 aliphatic heterocycles. The molecule has 0 bridgehead atoms. The number of rotatable bonds is 12. The van der Waals surface area contributed by atoms with Crippen molar-refractivity contribution in [3.63, 3.8) is 0 Å². The molecule has 0 spiro atoms. The van der Waals surface area contributed by atoms with Crippen molar-refractivity contribution < 1.29 is 26.8 Å². The van der Waals surface area contributed by atoms with Crippen LogP contribution in [0.25, 0.3) is 0 Å². The molecule has 1 atom stereocenters. The van der Waals surface area contributed by atoms with Crippen LogP contribution in [0.2, 0.25) is 0 Å². The van der Waals surface area contributed by atoms with E-state index in [0.29, 0.717) is 16.4 Å². The lowest BCUT2D eigenvalue weighted by Gasteiger charge is -2.34. The minimum atomic E-state index is -4.31. The number of likely N-dealkylation sites (N-methyl/N-ethyl adjacent to an activating group) is 1. The fourth-order valence-corrected chi connectivity index (χ4v) is 5.05. The Morgan fingerprint density at radius 2 is 1.49 bits per heavy atom. The second-order valence-electron chi connectivity index (χ2n) is 9.00. The van der Waals surface area contributed by atoms with Gasteiger partial charge in [-0.2, -0.15) is 12.7 Å². The molecular weight excluding hydrogens is 526 g/mol. The summed E-state index contributed by atoms with van der Waals surface area (Å²) in [6.07, 6.45) is 0.139. The van der Waals surface area contributed by atoms with E-state index in [9.17, 15) is 26.8 Å². The predicted molar refractivity (Wildman–Crippen MR) is 146 cm³/mol. The highest BCUT2D eigenvalue weighted by Crippen LogP contribution is 2.24. The third-order valence-electron chi connectivity index (χ3n) is 6.03. The number of para-hydroxylation sites is 1. The quantitative estimate of drug-likeness (QED) is 0.369.